The van der Waals surface area contributed by atoms with Gasteiger partial charge in [0.1, 0.15) is 0 Å². The third-order valence-electron chi connectivity index (χ3n) is 4.25. The van der Waals surface area contributed by atoms with E-state index in [1.54, 1.807) is 18.3 Å². The Labute approximate surface area is 145 Å². The summed E-state index contributed by atoms with van der Waals surface area (Å²) in [5.41, 5.74) is 3.81. The summed E-state index contributed by atoms with van der Waals surface area (Å²) in [4.78, 5) is 6.79. The van der Waals surface area contributed by atoms with Crippen molar-refractivity contribution in [3.05, 3.63) is 65.9 Å². The standard InChI is InChI=1S/C19H16N6/c1-13-9-15-6-2-3-8-17(15)25(13)18-12-21-24-19(23-18)22-16-7-4-5-14(10-16)11-20/h2-8,10,12-13H,9H2,1H3,(H,22,23,24). The van der Waals surface area contributed by atoms with E-state index in [1.165, 1.54) is 5.56 Å². The lowest BCUT2D eigenvalue weighted by Crippen LogP contribution is -2.25. The molecule has 1 aliphatic rings. The molecule has 0 spiro atoms. The fourth-order valence-corrected chi connectivity index (χ4v) is 3.17. The summed E-state index contributed by atoms with van der Waals surface area (Å²) in [7, 11) is 0. The van der Waals surface area contributed by atoms with Crippen molar-refractivity contribution < 1.29 is 0 Å². The number of nitrogens with one attached hydrogen (secondary N) is 1. The fourth-order valence-electron chi connectivity index (χ4n) is 3.17. The molecule has 3 aromatic rings. The second-order valence-electron chi connectivity index (χ2n) is 6.01. The van der Waals surface area contributed by atoms with Crippen LogP contribution in [0.3, 0.4) is 0 Å². The number of nitriles is 1. The number of para-hydroxylation sites is 1. The predicted molar refractivity (Wildman–Crippen MR) is 96.0 cm³/mol. The largest absolute Gasteiger partial charge is 0.323 e. The molecular formula is C19H16N6. The van der Waals surface area contributed by atoms with Crippen molar-refractivity contribution in [2.75, 3.05) is 10.2 Å². The number of anilines is 4. The second kappa shape index (κ2) is 6.21. The van der Waals surface area contributed by atoms with Crippen molar-refractivity contribution in [3.63, 3.8) is 0 Å². The topological polar surface area (TPSA) is 77.7 Å². The van der Waals surface area contributed by atoms with E-state index in [4.69, 9.17) is 5.26 Å². The monoisotopic (exact) mass is 328 g/mol. The van der Waals surface area contributed by atoms with Crippen molar-refractivity contribution in [2.45, 2.75) is 19.4 Å². The van der Waals surface area contributed by atoms with Gasteiger partial charge in [0, 0.05) is 17.4 Å². The first-order valence-electron chi connectivity index (χ1n) is 8.08. The van der Waals surface area contributed by atoms with E-state index < -0.39 is 0 Å². The highest BCUT2D eigenvalue weighted by Gasteiger charge is 2.28. The quantitative estimate of drug-likeness (QED) is 0.792. The number of benzene rings is 2. The zero-order valence-electron chi connectivity index (χ0n) is 13.7. The first-order chi connectivity index (χ1) is 12.2. The fraction of sp³-hybridized carbons (Fsp3) is 0.158. The maximum Gasteiger partial charge on any atom is 0.249 e. The summed E-state index contributed by atoms with van der Waals surface area (Å²) in [6, 6.07) is 18.0. The van der Waals surface area contributed by atoms with Crippen molar-refractivity contribution in [2.24, 2.45) is 0 Å². The molecule has 0 fully saturated rings. The minimum absolute atomic E-state index is 0.309. The molecule has 0 saturated carbocycles. The highest BCUT2D eigenvalue weighted by molar-refractivity contribution is 5.69. The molecule has 1 N–H and O–H groups in total. The molecule has 0 bridgehead atoms. The summed E-state index contributed by atoms with van der Waals surface area (Å²) in [5, 5.41) is 20.3. The van der Waals surface area contributed by atoms with Crippen LogP contribution in [-0.2, 0) is 6.42 Å². The number of hydrogen-bond acceptors (Lipinski definition) is 6. The lowest BCUT2D eigenvalue weighted by atomic mass is 10.1. The molecule has 6 nitrogen and oxygen atoms in total. The summed E-state index contributed by atoms with van der Waals surface area (Å²) < 4.78 is 0. The minimum atomic E-state index is 0.309. The average Bonchev–Trinajstić information content (AvgIpc) is 2.98. The van der Waals surface area contributed by atoms with Crippen molar-refractivity contribution in [1.29, 1.82) is 5.26 Å². The molecule has 1 atom stereocenters. The van der Waals surface area contributed by atoms with Gasteiger partial charge in [0.25, 0.3) is 0 Å². The van der Waals surface area contributed by atoms with E-state index in [0.717, 1.165) is 23.6 Å². The summed E-state index contributed by atoms with van der Waals surface area (Å²) in [6.45, 7) is 2.17. The van der Waals surface area contributed by atoms with E-state index in [1.807, 2.05) is 18.2 Å². The molecular weight excluding hydrogens is 312 g/mol. The minimum Gasteiger partial charge on any atom is -0.323 e. The molecule has 1 aromatic heterocycles. The van der Waals surface area contributed by atoms with Crippen LogP contribution in [0.1, 0.15) is 18.1 Å². The number of rotatable bonds is 3. The molecule has 1 unspecified atom stereocenters. The third-order valence-corrected chi connectivity index (χ3v) is 4.25. The Morgan fingerprint density at radius 3 is 2.96 bits per heavy atom. The number of aromatic nitrogens is 3. The van der Waals surface area contributed by atoms with E-state index in [2.05, 4.69) is 56.6 Å². The van der Waals surface area contributed by atoms with Gasteiger partial charge in [-0.25, -0.2) is 0 Å². The van der Waals surface area contributed by atoms with Crippen LogP contribution in [-0.4, -0.2) is 21.2 Å². The second-order valence-corrected chi connectivity index (χ2v) is 6.01. The van der Waals surface area contributed by atoms with Gasteiger partial charge in [-0.1, -0.05) is 24.3 Å². The third kappa shape index (κ3) is 2.88. The predicted octanol–water partition coefficient (Wildman–Crippen LogP) is 3.57. The van der Waals surface area contributed by atoms with Gasteiger partial charge in [0.05, 0.1) is 17.8 Å². The van der Waals surface area contributed by atoms with Crippen molar-refractivity contribution >= 4 is 23.1 Å². The first-order valence-corrected chi connectivity index (χ1v) is 8.08. The van der Waals surface area contributed by atoms with Gasteiger partial charge < -0.3 is 10.2 Å². The van der Waals surface area contributed by atoms with E-state index in [0.29, 0.717) is 17.6 Å². The van der Waals surface area contributed by atoms with Crippen LogP contribution >= 0.6 is 0 Å². The average molecular weight is 328 g/mol. The zero-order valence-corrected chi connectivity index (χ0v) is 13.7. The van der Waals surface area contributed by atoms with Gasteiger partial charge in [-0.05, 0) is 43.2 Å². The highest BCUT2D eigenvalue weighted by Crippen LogP contribution is 2.37. The number of fused-ring (bicyclic) bond motifs is 1. The molecule has 25 heavy (non-hydrogen) atoms. The molecule has 4 rings (SSSR count). The summed E-state index contributed by atoms with van der Waals surface area (Å²) in [5.74, 6) is 1.16. The maximum atomic E-state index is 9.01. The van der Waals surface area contributed by atoms with Crippen LogP contribution in [0.25, 0.3) is 0 Å². The lowest BCUT2D eigenvalue weighted by Gasteiger charge is -2.23. The molecule has 0 saturated heterocycles. The van der Waals surface area contributed by atoms with Crippen molar-refractivity contribution in [3.8, 4) is 6.07 Å². The Morgan fingerprint density at radius 2 is 2.08 bits per heavy atom. The Bertz CT molecular complexity index is 962. The van der Waals surface area contributed by atoms with Crippen LogP contribution in [0.4, 0.5) is 23.1 Å². The van der Waals surface area contributed by atoms with Gasteiger partial charge in [0.2, 0.25) is 5.95 Å². The highest BCUT2D eigenvalue weighted by atomic mass is 15.3. The number of hydrogen-bond donors (Lipinski definition) is 1. The zero-order chi connectivity index (χ0) is 17.2. The van der Waals surface area contributed by atoms with Crippen LogP contribution < -0.4 is 10.2 Å². The summed E-state index contributed by atoms with van der Waals surface area (Å²) >= 11 is 0. The lowest BCUT2D eigenvalue weighted by molar-refractivity contribution is 0.745. The van der Waals surface area contributed by atoms with Gasteiger partial charge in [0.15, 0.2) is 5.82 Å². The van der Waals surface area contributed by atoms with E-state index >= 15 is 0 Å². The molecule has 2 heterocycles. The Balaban J connectivity index is 1.65. The summed E-state index contributed by atoms with van der Waals surface area (Å²) in [6.07, 6.45) is 2.66. The van der Waals surface area contributed by atoms with E-state index in [9.17, 15) is 0 Å². The van der Waals surface area contributed by atoms with Crippen LogP contribution in [0.2, 0.25) is 0 Å². The van der Waals surface area contributed by atoms with E-state index in [-0.39, 0.29) is 0 Å². The molecule has 1 aliphatic heterocycles. The first kappa shape index (κ1) is 15.1. The number of nitrogens with zero attached hydrogens (tertiary/aromatic N) is 5. The Hall–Kier alpha value is -3.46. The molecule has 0 amide bonds. The van der Waals surface area contributed by atoms with Crippen LogP contribution in [0.5, 0.6) is 0 Å². The maximum absolute atomic E-state index is 9.01. The molecule has 6 heteroatoms. The van der Waals surface area contributed by atoms with Crippen LogP contribution in [0.15, 0.2) is 54.7 Å². The molecule has 2 aromatic carbocycles. The van der Waals surface area contributed by atoms with Gasteiger partial charge in [-0.3, -0.25) is 0 Å². The van der Waals surface area contributed by atoms with Gasteiger partial charge in [-0.15, -0.1) is 5.10 Å². The SMILES string of the molecule is CC1Cc2ccccc2N1c1cnnc(Nc2cccc(C#N)c2)n1. The normalized spacial score (nSPS) is 15.5. The van der Waals surface area contributed by atoms with Gasteiger partial charge >= 0.3 is 0 Å². The molecule has 0 radical (unpaired) electrons. The molecule has 0 aliphatic carbocycles. The Kier molecular flexibility index (Phi) is 3.75. The Morgan fingerprint density at radius 1 is 1.20 bits per heavy atom. The molecule has 122 valence electrons. The smallest absolute Gasteiger partial charge is 0.249 e. The van der Waals surface area contributed by atoms with Crippen LogP contribution in [0, 0.1) is 11.3 Å². The van der Waals surface area contributed by atoms with Gasteiger partial charge in [-0.2, -0.15) is 15.3 Å². The van der Waals surface area contributed by atoms with Crippen molar-refractivity contribution in [1.82, 2.24) is 15.2 Å².